The third kappa shape index (κ3) is 4.53. The van der Waals surface area contributed by atoms with Crippen LogP contribution in [0.3, 0.4) is 0 Å². The molecule has 0 aliphatic rings. The van der Waals surface area contributed by atoms with E-state index in [-0.39, 0.29) is 0 Å². The second-order valence-electron chi connectivity index (χ2n) is 4.21. The molecule has 0 unspecified atom stereocenters. The van der Waals surface area contributed by atoms with Crippen LogP contribution in [0.2, 0.25) is 0 Å². The molecular weight excluding hydrogens is 284 g/mol. The molecule has 0 spiro atoms. The Labute approximate surface area is 129 Å². The minimum absolute atomic E-state index is 0.323. The Bertz CT molecular complexity index is 710. The number of pyridine rings is 1. The van der Waals surface area contributed by atoms with E-state index in [1.807, 2.05) is 24.3 Å². The van der Waals surface area contributed by atoms with Crippen molar-refractivity contribution in [3.8, 4) is 23.7 Å². The molecule has 1 heterocycles. The van der Waals surface area contributed by atoms with E-state index in [9.17, 15) is 0 Å². The predicted octanol–water partition coefficient (Wildman–Crippen LogP) is 3.51. The first-order valence-electron chi connectivity index (χ1n) is 6.44. The highest BCUT2D eigenvalue weighted by molar-refractivity contribution is 6.18. The standard InChI is InChI=1S/C17H13ClN2O/c18-8-4-3-5-14-9-17(12-20-11-14)21-13-16-7-2-1-6-15(16)10-19/h1-2,6-7,9,11-12H,4,8,13H2. The van der Waals surface area contributed by atoms with Crippen molar-refractivity contribution >= 4 is 11.6 Å². The second kappa shape index (κ2) is 7.94. The monoisotopic (exact) mass is 296 g/mol. The number of benzene rings is 1. The van der Waals surface area contributed by atoms with E-state index in [0.29, 0.717) is 30.2 Å². The topological polar surface area (TPSA) is 45.9 Å². The second-order valence-corrected chi connectivity index (χ2v) is 4.59. The van der Waals surface area contributed by atoms with E-state index in [0.717, 1.165) is 11.1 Å². The molecule has 1 aromatic carbocycles. The van der Waals surface area contributed by atoms with Gasteiger partial charge in [0.1, 0.15) is 12.4 Å². The first-order chi connectivity index (χ1) is 10.3. The lowest BCUT2D eigenvalue weighted by atomic mass is 10.1. The summed E-state index contributed by atoms with van der Waals surface area (Å²) >= 11 is 5.58. The van der Waals surface area contributed by atoms with Crippen LogP contribution in [0.4, 0.5) is 0 Å². The van der Waals surface area contributed by atoms with E-state index < -0.39 is 0 Å². The van der Waals surface area contributed by atoms with Gasteiger partial charge in [0.2, 0.25) is 0 Å². The number of alkyl halides is 1. The number of ether oxygens (including phenoxy) is 1. The van der Waals surface area contributed by atoms with Gasteiger partial charge in [0.05, 0.1) is 17.8 Å². The lowest BCUT2D eigenvalue weighted by Gasteiger charge is -2.07. The van der Waals surface area contributed by atoms with Gasteiger partial charge in [0, 0.05) is 29.6 Å². The Balaban J connectivity index is 2.06. The maximum Gasteiger partial charge on any atom is 0.139 e. The zero-order valence-electron chi connectivity index (χ0n) is 11.3. The number of nitrogens with zero attached hydrogens (tertiary/aromatic N) is 2. The van der Waals surface area contributed by atoms with Crippen LogP contribution in [-0.2, 0) is 6.61 Å². The highest BCUT2D eigenvalue weighted by Crippen LogP contribution is 2.15. The quantitative estimate of drug-likeness (QED) is 0.640. The summed E-state index contributed by atoms with van der Waals surface area (Å²) in [5.41, 5.74) is 2.24. The summed E-state index contributed by atoms with van der Waals surface area (Å²) in [4.78, 5) is 4.09. The third-order valence-corrected chi connectivity index (χ3v) is 2.89. The van der Waals surface area contributed by atoms with Gasteiger partial charge in [-0.05, 0) is 12.1 Å². The van der Waals surface area contributed by atoms with Gasteiger partial charge >= 0.3 is 0 Å². The summed E-state index contributed by atoms with van der Waals surface area (Å²) in [6.45, 7) is 0.323. The summed E-state index contributed by atoms with van der Waals surface area (Å²) in [5, 5.41) is 9.03. The Morgan fingerprint density at radius 3 is 2.90 bits per heavy atom. The third-order valence-electron chi connectivity index (χ3n) is 2.70. The molecule has 0 bridgehead atoms. The van der Waals surface area contributed by atoms with Crippen molar-refractivity contribution in [3.05, 3.63) is 59.4 Å². The molecule has 0 saturated carbocycles. The van der Waals surface area contributed by atoms with E-state index in [2.05, 4.69) is 22.9 Å². The maximum absolute atomic E-state index is 9.03. The molecule has 0 N–H and O–H groups in total. The molecule has 3 nitrogen and oxygen atoms in total. The molecular formula is C17H13ClN2O. The lowest BCUT2D eigenvalue weighted by molar-refractivity contribution is 0.304. The summed E-state index contributed by atoms with van der Waals surface area (Å²) in [6, 6.07) is 11.3. The van der Waals surface area contributed by atoms with E-state index >= 15 is 0 Å². The molecule has 2 aromatic rings. The minimum atomic E-state index is 0.323. The van der Waals surface area contributed by atoms with E-state index in [1.54, 1.807) is 18.5 Å². The highest BCUT2D eigenvalue weighted by Gasteiger charge is 2.02. The van der Waals surface area contributed by atoms with Gasteiger partial charge in [0.15, 0.2) is 0 Å². The van der Waals surface area contributed by atoms with Crippen molar-refractivity contribution < 1.29 is 4.74 Å². The van der Waals surface area contributed by atoms with Crippen LogP contribution >= 0.6 is 11.6 Å². The Morgan fingerprint density at radius 1 is 1.24 bits per heavy atom. The zero-order chi connectivity index (χ0) is 14.9. The molecule has 4 heteroatoms. The van der Waals surface area contributed by atoms with Gasteiger partial charge in [-0.25, -0.2) is 0 Å². The highest BCUT2D eigenvalue weighted by atomic mass is 35.5. The molecule has 21 heavy (non-hydrogen) atoms. The molecule has 0 amide bonds. The van der Waals surface area contributed by atoms with Crippen molar-refractivity contribution in [1.29, 1.82) is 5.26 Å². The first-order valence-corrected chi connectivity index (χ1v) is 6.97. The van der Waals surface area contributed by atoms with Gasteiger partial charge in [-0.2, -0.15) is 5.26 Å². The largest absolute Gasteiger partial charge is 0.487 e. The molecule has 0 radical (unpaired) electrons. The maximum atomic E-state index is 9.03. The number of nitriles is 1. The average Bonchev–Trinajstić information content (AvgIpc) is 2.54. The molecule has 0 aliphatic heterocycles. The number of aromatic nitrogens is 1. The van der Waals surface area contributed by atoms with Gasteiger partial charge in [0.25, 0.3) is 0 Å². The zero-order valence-corrected chi connectivity index (χ0v) is 12.1. The van der Waals surface area contributed by atoms with Gasteiger partial charge in [-0.3, -0.25) is 4.98 Å². The van der Waals surface area contributed by atoms with E-state index in [4.69, 9.17) is 21.6 Å². The van der Waals surface area contributed by atoms with Crippen LogP contribution < -0.4 is 4.74 Å². The molecule has 0 atom stereocenters. The van der Waals surface area contributed by atoms with Crippen LogP contribution in [-0.4, -0.2) is 10.9 Å². The van der Waals surface area contributed by atoms with Crippen molar-refractivity contribution in [2.24, 2.45) is 0 Å². The Morgan fingerprint density at radius 2 is 2.10 bits per heavy atom. The van der Waals surface area contributed by atoms with Gasteiger partial charge < -0.3 is 4.74 Å². The summed E-state index contributed by atoms with van der Waals surface area (Å²) < 4.78 is 5.67. The molecule has 2 rings (SSSR count). The number of hydrogen-bond acceptors (Lipinski definition) is 3. The molecule has 0 saturated heterocycles. The van der Waals surface area contributed by atoms with Crippen LogP contribution in [0, 0.1) is 23.2 Å². The van der Waals surface area contributed by atoms with Gasteiger partial charge in [-0.1, -0.05) is 30.0 Å². The Kier molecular flexibility index (Phi) is 5.64. The van der Waals surface area contributed by atoms with Crippen LogP contribution in [0.25, 0.3) is 0 Å². The fourth-order valence-electron chi connectivity index (χ4n) is 1.69. The molecule has 0 aliphatic carbocycles. The SMILES string of the molecule is N#Cc1ccccc1COc1cncc(C#CCCCl)c1. The fourth-order valence-corrected chi connectivity index (χ4v) is 1.79. The fraction of sp³-hybridized carbons (Fsp3) is 0.176. The van der Waals surface area contributed by atoms with Gasteiger partial charge in [-0.15, -0.1) is 11.6 Å². The number of rotatable bonds is 4. The first kappa shape index (κ1) is 14.9. The molecule has 0 fully saturated rings. The normalized spacial score (nSPS) is 9.33. The molecule has 104 valence electrons. The van der Waals surface area contributed by atoms with Crippen molar-refractivity contribution in [2.45, 2.75) is 13.0 Å². The number of halogens is 1. The Hall–Kier alpha value is -2.49. The minimum Gasteiger partial charge on any atom is -0.487 e. The average molecular weight is 297 g/mol. The van der Waals surface area contributed by atoms with Crippen LogP contribution in [0.1, 0.15) is 23.1 Å². The lowest BCUT2D eigenvalue weighted by Crippen LogP contribution is -1.98. The number of hydrogen-bond donors (Lipinski definition) is 0. The molecule has 1 aromatic heterocycles. The summed E-state index contributed by atoms with van der Waals surface area (Å²) in [7, 11) is 0. The van der Waals surface area contributed by atoms with E-state index in [1.165, 1.54) is 0 Å². The predicted molar refractivity (Wildman–Crippen MR) is 81.9 cm³/mol. The van der Waals surface area contributed by atoms with Crippen molar-refractivity contribution in [3.63, 3.8) is 0 Å². The van der Waals surface area contributed by atoms with Crippen molar-refractivity contribution in [1.82, 2.24) is 4.98 Å². The van der Waals surface area contributed by atoms with Crippen LogP contribution in [0.5, 0.6) is 5.75 Å². The van der Waals surface area contributed by atoms with Crippen molar-refractivity contribution in [2.75, 3.05) is 5.88 Å². The smallest absolute Gasteiger partial charge is 0.139 e. The summed E-state index contributed by atoms with van der Waals surface area (Å²) in [6.07, 6.45) is 3.95. The summed E-state index contributed by atoms with van der Waals surface area (Å²) in [5.74, 6) is 7.07. The van der Waals surface area contributed by atoms with Crippen LogP contribution in [0.15, 0.2) is 42.7 Å².